The summed E-state index contributed by atoms with van der Waals surface area (Å²) in [5, 5.41) is 13.8. The molecule has 1 unspecified atom stereocenters. The van der Waals surface area contributed by atoms with E-state index in [-0.39, 0.29) is 18.1 Å². The molecule has 3 heterocycles. The Balaban J connectivity index is 1.44. The molecule has 150 valence electrons. The first-order chi connectivity index (χ1) is 13.2. The number of aliphatic hydroxyl groups is 1. The molecule has 4 rings (SSSR count). The Morgan fingerprint density at radius 3 is 2.43 bits per heavy atom. The summed E-state index contributed by atoms with van der Waals surface area (Å²) in [7, 11) is 0. The molecule has 28 heavy (non-hydrogen) atoms. The van der Waals surface area contributed by atoms with E-state index in [1.807, 2.05) is 0 Å². The maximum atomic E-state index is 12.8. The summed E-state index contributed by atoms with van der Waals surface area (Å²) < 4.78 is 39.6. The Morgan fingerprint density at radius 2 is 1.86 bits per heavy atom. The van der Waals surface area contributed by atoms with Gasteiger partial charge in [-0.1, -0.05) is 0 Å². The van der Waals surface area contributed by atoms with Gasteiger partial charge in [0, 0.05) is 32.2 Å². The second kappa shape index (κ2) is 6.89. The molecule has 2 aromatic rings. The monoisotopic (exact) mass is 394 g/mol. The molecule has 1 aromatic heterocycles. The molecule has 1 atom stereocenters. The second-order valence-corrected chi connectivity index (χ2v) is 7.40. The van der Waals surface area contributed by atoms with Gasteiger partial charge in [-0.15, -0.1) is 0 Å². The topological polar surface area (TPSA) is 61.6 Å². The molecule has 0 spiro atoms. The lowest BCUT2D eigenvalue weighted by Crippen LogP contribution is -2.60. The highest BCUT2D eigenvalue weighted by Crippen LogP contribution is 2.30. The van der Waals surface area contributed by atoms with Crippen molar-refractivity contribution in [1.29, 1.82) is 0 Å². The van der Waals surface area contributed by atoms with Crippen molar-refractivity contribution in [3.63, 3.8) is 0 Å². The van der Waals surface area contributed by atoms with Gasteiger partial charge in [-0.2, -0.15) is 18.3 Å². The molecule has 6 nitrogen and oxygen atoms in total. The van der Waals surface area contributed by atoms with Crippen molar-refractivity contribution in [2.45, 2.75) is 31.7 Å². The molecule has 1 aromatic carbocycles. The van der Waals surface area contributed by atoms with Crippen LogP contribution in [0.15, 0.2) is 30.5 Å². The molecule has 2 aliphatic rings. The van der Waals surface area contributed by atoms with Crippen LogP contribution in [0.3, 0.4) is 0 Å². The van der Waals surface area contributed by atoms with E-state index in [9.17, 15) is 23.1 Å². The summed E-state index contributed by atoms with van der Waals surface area (Å²) in [5.74, 6) is -0.133. The number of likely N-dealkylation sites (tertiary alicyclic amines) is 2. The molecule has 2 fully saturated rings. The van der Waals surface area contributed by atoms with Crippen LogP contribution in [0.5, 0.6) is 0 Å². The van der Waals surface area contributed by atoms with Crippen molar-refractivity contribution in [3.05, 3.63) is 47.3 Å². The van der Waals surface area contributed by atoms with Crippen molar-refractivity contribution < 1.29 is 23.1 Å². The van der Waals surface area contributed by atoms with Crippen LogP contribution >= 0.6 is 0 Å². The van der Waals surface area contributed by atoms with Gasteiger partial charge in [-0.3, -0.25) is 9.69 Å². The lowest BCUT2D eigenvalue weighted by molar-refractivity contribution is -0.137. The van der Waals surface area contributed by atoms with Crippen LogP contribution in [-0.4, -0.2) is 68.9 Å². The van der Waals surface area contributed by atoms with E-state index < -0.39 is 11.7 Å². The number of rotatable bonds is 3. The number of alkyl halides is 3. The first kappa shape index (κ1) is 18.9. The highest BCUT2D eigenvalue weighted by Gasteiger charge is 2.38. The number of benzene rings is 1. The van der Waals surface area contributed by atoms with Gasteiger partial charge in [0.1, 0.15) is 0 Å². The number of β-amino-alcohol motifs (C(OH)–C–C–N with tert-alkyl or cyclic N) is 1. The number of nitrogens with zero attached hydrogens (tertiary/aromatic N) is 4. The molecule has 0 saturated carbocycles. The SMILES string of the molecule is Cc1c(C(=O)N2CC(N3CCC(O)C3)C2)cnn1-c1ccc(C(F)(F)F)cc1. The standard InChI is InChI=1S/C19H21F3N4O2/c1-12-17(18(28)25-9-15(10-25)24-7-6-16(27)11-24)8-23-26(12)14-4-2-13(3-5-14)19(20,21)22/h2-5,8,15-16,27H,6-7,9-11H2,1H3. The predicted molar refractivity (Wildman–Crippen MR) is 95.2 cm³/mol. The smallest absolute Gasteiger partial charge is 0.392 e. The third-order valence-electron chi connectivity index (χ3n) is 5.54. The van der Waals surface area contributed by atoms with E-state index in [0.29, 0.717) is 36.6 Å². The summed E-state index contributed by atoms with van der Waals surface area (Å²) in [6, 6.07) is 4.96. The largest absolute Gasteiger partial charge is 0.416 e. The minimum atomic E-state index is -4.39. The predicted octanol–water partition coefficient (Wildman–Crippen LogP) is 2.09. The van der Waals surface area contributed by atoms with Crippen molar-refractivity contribution in [2.24, 2.45) is 0 Å². The quantitative estimate of drug-likeness (QED) is 0.866. The third-order valence-corrected chi connectivity index (χ3v) is 5.54. The van der Waals surface area contributed by atoms with Gasteiger partial charge >= 0.3 is 6.18 Å². The lowest BCUT2D eigenvalue weighted by Gasteiger charge is -2.44. The number of hydrogen-bond acceptors (Lipinski definition) is 4. The van der Waals surface area contributed by atoms with Gasteiger partial charge in [0.25, 0.3) is 5.91 Å². The van der Waals surface area contributed by atoms with E-state index in [2.05, 4.69) is 10.00 Å². The summed E-state index contributed by atoms with van der Waals surface area (Å²) in [6.45, 7) is 4.44. The van der Waals surface area contributed by atoms with Gasteiger partial charge in [-0.25, -0.2) is 4.68 Å². The average Bonchev–Trinajstić information content (AvgIpc) is 3.19. The zero-order valence-electron chi connectivity index (χ0n) is 15.4. The number of halogens is 3. The summed E-state index contributed by atoms with van der Waals surface area (Å²) in [5.41, 5.74) is 0.776. The fourth-order valence-electron chi connectivity index (χ4n) is 3.79. The van der Waals surface area contributed by atoms with Gasteiger partial charge in [-0.05, 0) is 37.6 Å². The molecule has 1 amide bonds. The number of hydrogen-bond donors (Lipinski definition) is 1. The number of aromatic nitrogens is 2. The Hall–Kier alpha value is -2.39. The minimum Gasteiger partial charge on any atom is -0.392 e. The molecule has 0 bridgehead atoms. The fourth-order valence-corrected chi connectivity index (χ4v) is 3.79. The van der Waals surface area contributed by atoms with Crippen LogP contribution in [0.1, 0.15) is 28.0 Å². The highest BCUT2D eigenvalue weighted by molar-refractivity contribution is 5.95. The Kier molecular flexibility index (Phi) is 4.67. The van der Waals surface area contributed by atoms with Gasteiger partial charge in [0.05, 0.1) is 34.8 Å². The van der Waals surface area contributed by atoms with Gasteiger partial charge in [0.15, 0.2) is 0 Å². The zero-order chi connectivity index (χ0) is 20.1. The molecule has 0 aliphatic carbocycles. The van der Waals surface area contributed by atoms with Crippen LogP contribution in [0.4, 0.5) is 13.2 Å². The normalized spacial score (nSPS) is 21.2. The second-order valence-electron chi connectivity index (χ2n) is 7.40. The van der Waals surface area contributed by atoms with E-state index in [1.54, 1.807) is 11.8 Å². The van der Waals surface area contributed by atoms with Crippen molar-refractivity contribution in [1.82, 2.24) is 19.6 Å². The molecule has 0 radical (unpaired) electrons. The van der Waals surface area contributed by atoms with Crippen LogP contribution < -0.4 is 0 Å². The lowest BCUT2D eigenvalue weighted by atomic mass is 10.1. The van der Waals surface area contributed by atoms with E-state index >= 15 is 0 Å². The van der Waals surface area contributed by atoms with E-state index in [0.717, 1.165) is 25.1 Å². The first-order valence-corrected chi connectivity index (χ1v) is 9.17. The molecule has 1 N–H and O–H groups in total. The van der Waals surface area contributed by atoms with Gasteiger partial charge in [0.2, 0.25) is 0 Å². The first-order valence-electron chi connectivity index (χ1n) is 9.17. The summed E-state index contributed by atoms with van der Waals surface area (Å²) in [6.07, 6.45) is -2.45. The highest BCUT2D eigenvalue weighted by atomic mass is 19.4. The molecular formula is C19H21F3N4O2. The van der Waals surface area contributed by atoms with Crippen molar-refractivity contribution in [2.75, 3.05) is 26.2 Å². The number of carbonyl (C=O) groups excluding carboxylic acids is 1. The van der Waals surface area contributed by atoms with Crippen LogP contribution in [0, 0.1) is 6.92 Å². The zero-order valence-corrected chi connectivity index (χ0v) is 15.4. The van der Waals surface area contributed by atoms with Gasteiger partial charge < -0.3 is 10.0 Å². The summed E-state index contributed by atoms with van der Waals surface area (Å²) >= 11 is 0. The van der Waals surface area contributed by atoms with Crippen LogP contribution in [0.25, 0.3) is 5.69 Å². The van der Waals surface area contributed by atoms with Crippen LogP contribution in [0.2, 0.25) is 0 Å². The van der Waals surface area contributed by atoms with Crippen molar-refractivity contribution in [3.8, 4) is 5.69 Å². The molecular weight excluding hydrogens is 373 g/mol. The maximum Gasteiger partial charge on any atom is 0.416 e. The number of carbonyl (C=O) groups is 1. The summed E-state index contributed by atoms with van der Waals surface area (Å²) in [4.78, 5) is 16.7. The molecule has 9 heteroatoms. The van der Waals surface area contributed by atoms with E-state index in [4.69, 9.17) is 0 Å². The number of aliphatic hydroxyl groups excluding tert-OH is 1. The van der Waals surface area contributed by atoms with E-state index in [1.165, 1.54) is 23.0 Å². The molecule has 2 aliphatic heterocycles. The van der Waals surface area contributed by atoms with Crippen LogP contribution in [-0.2, 0) is 6.18 Å². The molecule has 2 saturated heterocycles. The Labute approximate surface area is 160 Å². The average molecular weight is 394 g/mol. The van der Waals surface area contributed by atoms with Crippen molar-refractivity contribution >= 4 is 5.91 Å². The maximum absolute atomic E-state index is 12.8. The Morgan fingerprint density at radius 1 is 1.18 bits per heavy atom. The fraction of sp³-hybridized carbons (Fsp3) is 0.474. The third kappa shape index (κ3) is 3.40. The Bertz CT molecular complexity index is 872. The minimum absolute atomic E-state index is 0.133. The number of amides is 1.